The lowest BCUT2D eigenvalue weighted by molar-refractivity contribution is -0.147. The minimum Gasteiger partial charge on any atom is -0.458 e. The molecule has 5 heteroatoms. The molecule has 0 aromatic heterocycles. The van der Waals surface area contributed by atoms with Gasteiger partial charge in [-0.15, -0.1) is 0 Å². The molecule has 0 heterocycles. The van der Waals surface area contributed by atoms with Crippen molar-refractivity contribution < 1.29 is 23.7 Å². The van der Waals surface area contributed by atoms with Crippen LogP contribution in [0.25, 0.3) is 0 Å². The van der Waals surface area contributed by atoms with Gasteiger partial charge in [-0.25, -0.2) is 0 Å². The first-order valence-corrected chi connectivity index (χ1v) is 10.8. The van der Waals surface area contributed by atoms with E-state index in [1.54, 1.807) is 0 Å². The van der Waals surface area contributed by atoms with E-state index < -0.39 is 0 Å². The number of rotatable bonds is 14. The molecule has 1 aliphatic rings. The molecule has 28 heavy (non-hydrogen) atoms. The number of hydrogen-bond acceptors (Lipinski definition) is 5. The van der Waals surface area contributed by atoms with Crippen molar-refractivity contribution in [3.63, 3.8) is 0 Å². The molecular formula is C23H42O5. The molecule has 0 aliphatic heterocycles. The van der Waals surface area contributed by atoms with E-state index in [1.165, 1.54) is 12.5 Å². The predicted octanol–water partition coefficient (Wildman–Crippen LogP) is 4.50. The number of carbonyl (C=O) groups excluding carboxylic acids is 1. The maximum atomic E-state index is 11.6. The van der Waals surface area contributed by atoms with Gasteiger partial charge in [-0.1, -0.05) is 41.5 Å². The SMILES string of the molecule is CC(=O)O[C@@H]1C=C(COCC(C)C)[C@@H](COCC(C)C)[C@H]1CCOCC(C)C. The molecule has 5 nitrogen and oxygen atoms in total. The monoisotopic (exact) mass is 398 g/mol. The maximum Gasteiger partial charge on any atom is 0.303 e. The second-order valence-electron chi connectivity index (χ2n) is 9.18. The summed E-state index contributed by atoms with van der Waals surface area (Å²) >= 11 is 0. The van der Waals surface area contributed by atoms with Crippen molar-refractivity contribution in [3.05, 3.63) is 11.6 Å². The summed E-state index contributed by atoms with van der Waals surface area (Å²) in [5, 5.41) is 0. The van der Waals surface area contributed by atoms with Crippen LogP contribution in [0.1, 0.15) is 54.9 Å². The quantitative estimate of drug-likeness (QED) is 0.245. The van der Waals surface area contributed by atoms with Gasteiger partial charge in [-0.3, -0.25) is 4.79 Å². The number of carbonyl (C=O) groups is 1. The Morgan fingerprint density at radius 3 is 2.07 bits per heavy atom. The molecule has 0 spiro atoms. The Kier molecular flexibility index (Phi) is 12.0. The van der Waals surface area contributed by atoms with Crippen molar-refractivity contribution in [2.75, 3.05) is 39.6 Å². The smallest absolute Gasteiger partial charge is 0.303 e. The molecule has 0 saturated heterocycles. The first kappa shape index (κ1) is 25.1. The molecule has 0 saturated carbocycles. The lowest BCUT2D eigenvalue weighted by Crippen LogP contribution is -2.30. The first-order chi connectivity index (χ1) is 13.2. The summed E-state index contributed by atoms with van der Waals surface area (Å²) in [5.74, 6) is 1.60. The Morgan fingerprint density at radius 1 is 0.929 bits per heavy atom. The number of hydrogen-bond donors (Lipinski definition) is 0. The van der Waals surface area contributed by atoms with Crippen molar-refractivity contribution in [1.29, 1.82) is 0 Å². The average molecular weight is 399 g/mol. The van der Waals surface area contributed by atoms with Gasteiger partial charge in [0, 0.05) is 45.2 Å². The first-order valence-electron chi connectivity index (χ1n) is 10.8. The van der Waals surface area contributed by atoms with Crippen LogP contribution in [0.4, 0.5) is 0 Å². The van der Waals surface area contributed by atoms with Gasteiger partial charge in [-0.2, -0.15) is 0 Å². The third-order valence-electron chi connectivity index (χ3n) is 4.61. The van der Waals surface area contributed by atoms with Crippen molar-refractivity contribution in [3.8, 4) is 0 Å². The Bertz CT molecular complexity index is 470. The van der Waals surface area contributed by atoms with Crippen LogP contribution in [-0.4, -0.2) is 51.7 Å². The zero-order valence-electron chi connectivity index (χ0n) is 19.0. The third kappa shape index (κ3) is 10.0. The van der Waals surface area contributed by atoms with Gasteiger partial charge in [0.1, 0.15) is 6.10 Å². The molecule has 0 aromatic rings. The molecule has 0 unspecified atom stereocenters. The van der Waals surface area contributed by atoms with Crippen molar-refractivity contribution in [1.82, 2.24) is 0 Å². The standard InChI is InChI=1S/C23H42O5/c1-16(2)11-25-9-8-21-22(15-27-13-18(5)6)20(14-26-12-17(3)4)10-23(21)28-19(7)24/h10,16-18,21-23H,8-9,11-15H2,1-7H3/t21-,22-,23-/m1/s1. The zero-order valence-corrected chi connectivity index (χ0v) is 19.0. The Labute approximate surface area is 172 Å². The second-order valence-corrected chi connectivity index (χ2v) is 9.18. The van der Waals surface area contributed by atoms with E-state index in [2.05, 4.69) is 47.6 Å². The van der Waals surface area contributed by atoms with Crippen molar-refractivity contribution >= 4 is 5.97 Å². The van der Waals surface area contributed by atoms with Crippen molar-refractivity contribution in [2.45, 2.75) is 61.0 Å². The Balaban J connectivity index is 2.80. The molecule has 0 bridgehead atoms. The minimum atomic E-state index is -0.249. The highest BCUT2D eigenvalue weighted by Crippen LogP contribution is 2.37. The highest BCUT2D eigenvalue weighted by Gasteiger charge is 2.39. The highest BCUT2D eigenvalue weighted by molar-refractivity contribution is 5.66. The summed E-state index contributed by atoms with van der Waals surface area (Å²) in [6, 6.07) is 0. The highest BCUT2D eigenvalue weighted by atomic mass is 16.5. The van der Waals surface area contributed by atoms with Gasteiger partial charge < -0.3 is 18.9 Å². The molecule has 0 amide bonds. The van der Waals surface area contributed by atoms with Crippen molar-refractivity contribution in [2.24, 2.45) is 29.6 Å². The van der Waals surface area contributed by atoms with Gasteiger partial charge >= 0.3 is 5.97 Å². The topological polar surface area (TPSA) is 54.0 Å². The van der Waals surface area contributed by atoms with E-state index in [4.69, 9.17) is 18.9 Å². The fourth-order valence-electron chi connectivity index (χ4n) is 3.41. The van der Waals surface area contributed by atoms with Gasteiger partial charge in [0.25, 0.3) is 0 Å². The van der Waals surface area contributed by atoms with E-state index in [9.17, 15) is 4.79 Å². The zero-order chi connectivity index (χ0) is 21.1. The molecule has 0 aromatic carbocycles. The summed E-state index contributed by atoms with van der Waals surface area (Å²) in [6.07, 6.45) is 2.69. The number of ether oxygens (including phenoxy) is 4. The van der Waals surface area contributed by atoms with Crippen LogP contribution >= 0.6 is 0 Å². The minimum absolute atomic E-state index is 0.167. The second kappa shape index (κ2) is 13.3. The van der Waals surface area contributed by atoms with Crippen LogP contribution in [0.3, 0.4) is 0 Å². The molecule has 164 valence electrons. The summed E-state index contributed by atoms with van der Waals surface area (Å²) in [4.78, 5) is 11.6. The summed E-state index contributed by atoms with van der Waals surface area (Å²) in [6.45, 7) is 18.4. The van der Waals surface area contributed by atoms with Gasteiger partial charge in [0.05, 0.1) is 13.2 Å². The summed E-state index contributed by atoms with van der Waals surface area (Å²) in [7, 11) is 0. The lowest BCUT2D eigenvalue weighted by atomic mass is 9.88. The maximum absolute atomic E-state index is 11.6. The molecule has 0 N–H and O–H groups in total. The molecule has 1 rings (SSSR count). The lowest BCUT2D eigenvalue weighted by Gasteiger charge is -2.27. The molecule has 3 atom stereocenters. The van der Waals surface area contributed by atoms with Gasteiger partial charge in [-0.05, 0) is 35.8 Å². The van der Waals surface area contributed by atoms with Gasteiger partial charge in [0.15, 0.2) is 0 Å². The van der Waals surface area contributed by atoms with E-state index in [-0.39, 0.29) is 23.9 Å². The van der Waals surface area contributed by atoms with Gasteiger partial charge in [0.2, 0.25) is 0 Å². The molecule has 1 aliphatic carbocycles. The van der Waals surface area contributed by atoms with E-state index in [1.807, 2.05) is 0 Å². The van der Waals surface area contributed by atoms with Crippen LogP contribution in [-0.2, 0) is 23.7 Å². The fraction of sp³-hybridized carbons (Fsp3) is 0.870. The molecular weight excluding hydrogens is 356 g/mol. The largest absolute Gasteiger partial charge is 0.458 e. The van der Waals surface area contributed by atoms with E-state index >= 15 is 0 Å². The van der Waals surface area contributed by atoms with Crippen LogP contribution in [0.15, 0.2) is 11.6 Å². The normalized spacial score (nSPS) is 22.4. The van der Waals surface area contributed by atoms with Crippen LogP contribution in [0, 0.1) is 29.6 Å². The van der Waals surface area contributed by atoms with E-state index in [0.717, 1.165) is 26.2 Å². The molecule has 0 radical (unpaired) electrons. The summed E-state index contributed by atoms with van der Waals surface area (Å²) in [5.41, 5.74) is 1.18. The van der Waals surface area contributed by atoms with Crippen LogP contribution in [0.2, 0.25) is 0 Å². The third-order valence-corrected chi connectivity index (χ3v) is 4.61. The summed E-state index contributed by atoms with van der Waals surface area (Å²) < 4.78 is 23.3. The number of esters is 1. The van der Waals surface area contributed by atoms with Crippen LogP contribution in [0.5, 0.6) is 0 Å². The molecule has 0 fully saturated rings. The Hall–Kier alpha value is -0.910. The van der Waals surface area contributed by atoms with Crippen LogP contribution < -0.4 is 0 Å². The average Bonchev–Trinajstić information content (AvgIpc) is 2.87. The fourth-order valence-corrected chi connectivity index (χ4v) is 3.41. The Morgan fingerprint density at radius 2 is 1.50 bits per heavy atom. The predicted molar refractivity (Wildman–Crippen MR) is 112 cm³/mol. The van der Waals surface area contributed by atoms with E-state index in [0.29, 0.717) is 37.6 Å².